The van der Waals surface area contributed by atoms with Gasteiger partial charge in [0.25, 0.3) is 11.8 Å². The molecule has 1 aliphatic rings. The molecule has 3 aromatic rings. The normalized spacial score (nSPS) is 13.2. The van der Waals surface area contributed by atoms with Gasteiger partial charge in [-0.15, -0.1) is 35.1 Å². The van der Waals surface area contributed by atoms with Gasteiger partial charge in [0.2, 0.25) is 0 Å². The third-order valence-electron chi connectivity index (χ3n) is 4.72. The van der Waals surface area contributed by atoms with E-state index >= 15 is 0 Å². The molecule has 0 saturated carbocycles. The summed E-state index contributed by atoms with van der Waals surface area (Å²) >= 11 is 8.43. The van der Waals surface area contributed by atoms with E-state index in [-0.39, 0.29) is 42.2 Å². The Hall–Kier alpha value is -2.17. The van der Waals surface area contributed by atoms with E-state index in [4.69, 9.17) is 11.6 Å². The van der Waals surface area contributed by atoms with Crippen molar-refractivity contribution in [1.82, 2.24) is 15.2 Å². The maximum atomic E-state index is 12.8. The molecular formula is C20H20Cl2N4O3S2. The molecule has 11 heteroatoms. The molecular weight excluding hydrogens is 479 g/mol. The minimum absolute atomic E-state index is 0. The molecule has 31 heavy (non-hydrogen) atoms. The number of nitrogens with one attached hydrogen (secondary N) is 2. The van der Waals surface area contributed by atoms with Gasteiger partial charge in [-0.3, -0.25) is 9.59 Å². The number of rotatable bonds is 5. The molecule has 1 aliphatic heterocycles. The number of hydrogen-bond acceptors (Lipinski definition) is 7. The van der Waals surface area contributed by atoms with Crippen molar-refractivity contribution in [2.45, 2.75) is 19.5 Å². The van der Waals surface area contributed by atoms with Gasteiger partial charge >= 0.3 is 0 Å². The summed E-state index contributed by atoms with van der Waals surface area (Å²) in [7, 11) is 2.04. The van der Waals surface area contributed by atoms with Crippen molar-refractivity contribution in [3.05, 3.63) is 60.7 Å². The maximum absolute atomic E-state index is 12.8. The van der Waals surface area contributed by atoms with Crippen LogP contribution in [-0.4, -0.2) is 40.4 Å². The van der Waals surface area contributed by atoms with Crippen LogP contribution >= 0.6 is 46.7 Å². The number of fused-ring (bicyclic) bond motifs is 1. The summed E-state index contributed by atoms with van der Waals surface area (Å²) in [4.78, 5) is 33.3. The molecule has 2 aromatic heterocycles. The topological polar surface area (TPSA) is 94.6 Å². The van der Waals surface area contributed by atoms with Crippen LogP contribution in [0.1, 0.15) is 35.6 Å². The number of para-hydroxylation sites is 1. The minimum Gasteiger partial charge on any atom is -0.506 e. The fourth-order valence-corrected chi connectivity index (χ4v) is 5.21. The summed E-state index contributed by atoms with van der Waals surface area (Å²) < 4.78 is 0.530. The zero-order valence-corrected chi connectivity index (χ0v) is 19.7. The van der Waals surface area contributed by atoms with E-state index < -0.39 is 0 Å². The zero-order chi connectivity index (χ0) is 21.3. The van der Waals surface area contributed by atoms with Crippen LogP contribution in [-0.2, 0) is 19.5 Å². The summed E-state index contributed by atoms with van der Waals surface area (Å²) in [6.07, 6.45) is 0.816. The second kappa shape index (κ2) is 9.97. The number of phenolic OH excluding ortho intramolecular Hbond substituents is 1. The monoisotopic (exact) mass is 498 g/mol. The summed E-state index contributed by atoms with van der Waals surface area (Å²) in [6, 6.07) is 8.19. The van der Waals surface area contributed by atoms with Crippen LogP contribution in [0.5, 0.6) is 5.75 Å². The Labute approximate surface area is 198 Å². The summed E-state index contributed by atoms with van der Waals surface area (Å²) in [5.74, 6) is -0.726. The standard InChI is InChI=1S/C20H19ClN4O3S2.ClH/c1-25-8-7-12-15(10-25)30-20(23-12)19(28)24-17-11(3-2-4-13(17)26)9-22-18(27)14-5-6-16(21)29-14;/h2-6,26H,7-10H2,1H3,(H,22,27)(H,24,28);1H. The van der Waals surface area contributed by atoms with Crippen molar-refractivity contribution in [2.75, 3.05) is 18.9 Å². The highest BCUT2D eigenvalue weighted by Gasteiger charge is 2.22. The minimum atomic E-state index is -0.379. The Morgan fingerprint density at radius 3 is 2.77 bits per heavy atom. The van der Waals surface area contributed by atoms with Crippen LogP contribution in [0.2, 0.25) is 4.34 Å². The van der Waals surface area contributed by atoms with E-state index in [0.29, 0.717) is 19.8 Å². The highest BCUT2D eigenvalue weighted by Crippen LogP contribution is 2.30. The molecule has 1 aromatic carbocycles. The van der Waals surface area contributed by atoms with Gasteiger partial charge in [0, 0.05) is 30.9 Å². The molecule has 164 valence electrons. The first-order valence-corrected chi connectivity index (χ1v) is 11.2. The highest BCUT2D eigenvalue weighted by molar-refractivity contribution is 7.18. The van der Waals surface area contributed by atoms with Gasteiger partial charge in [-0.25, -0.2) is 4.98 Å². The van der Waals surface area contributed by atoms with Gasteiger partial charge in [-0.2, -0.15) is 0 Å². The van der Waals surface area contributed by atoms with Gasteiger partial charge in [0.05, 0.1) is 20.6 Å². The maximum Gasteiger partial charge on any atom is 0.284 e. The average molecular weight is 499 g/mol. The number of carbonyl (C=O) groups excluding carboxylic acids is 2. The number of benzene rings is 1. The molecule has 0 unspecified atom stereocenters. The van der Waals surface area contributed by atoms with Crippen molar-refractivity contribution in [2.24, 2.45) is 0 Å². The first kappa shape index (κ1) is 23.5. The number of nitrogens with zero attached hydrogens (tertiary/aromatic N) is 2. The molecule has 0 bridgehead atoms. The lowest BCUT2D eigenvalue weighted by atomic mass is 10.1. The Kier molecular flexibility index (Phi) is 7.55. The van der Waals surface area contributed by atoms with Gasteiger partial charge in [-0.05, 0) is 30.8 Å². The van der Waals surface area contributed by atoms with E-state index in [9.17, 15) is 14.7 Å². The Morgan fingerprint density at radius 2 is 2.03 bits per heavy atom. The van der Waals surface area contributed by atoms with Crippen LogP contribution in [0.3, 0.4) is 0 Å². The van der Waals surface area contributed by atoms with Crippen molar-refractivity contribution < 1.29 is 14.7 Å². The number of amides is 2. The predicted molar refractivity (Wildman–Crippen MR) is 126 cm³/mol. The number of carbonyl (C=O) groups is 2. The molecule has 0 saturated heterocycles. The number of hydrogen-bond donors (Lipinski definition) is 3. The largest absolute Gasteiger partial charge is 0.506 e. The first-order valence-electron chi connectivity index (χ1n) is 9.23. The summed E-state index contributed by atoms with van der Waals surface area (Å²) in [5, 5.41) is 16.2. The lowest BCUT2D eigenvalue weighted by Crippen LogP contribution is -2.25. The Morgan fingerprint density at radius 1 is 1.23 bits per heavy atom. The number of aromatic nitrogens is 1. The molecule has 0 fully saturated rings. The second-order valence-corrected chi connectivity index (χ2v) is 9.73. The second-order valence-electron chi connectivity index (χ2n) is 6.93. The molecule has 0 spiro atoms. The Balaban J connectivity index is 0.00000272. The van der Waals surface area contributed by atoms with Crippen molar-refractivity contribution in [3.8, 4) is 5.75 Å². The number of anilines is 1. The van der Waals surface area contributed by atoms with E-state index in [1.54, 1.807) is 24.3 Å². The molecule has 7 nitrogen and oxygen atoms in total. The zero-order valence-electron chi connectivity index (χ0n) is 16.5. The van der Waals surface area contributed by atoms with Crippen LogP contribution in [0.4, 0.5) is 5.69 Å². The van der Waals surface area contributed by atoms with Crippen LogP contribution < -0.4 is 10.6 Å². The summed E-state index contributed by atoms with van der Waals surface area (Å²) in [5.41, 5.74) is 1.81. The molecule has 0 atom stereocenters. The van der Waals surface area contributed by atoms with Gasteiger partial charge in [0.15, 0.2) is 5.01 Å². The highest BCUT2D eigenvalue weighted by atomic mass is 35.5. The third-order valence-corrected chi connectivity index (χ3v) is 7.03. The molecule has 2 amide bonds. The van der Waals surface area contributed by atoms with E-state index in [0.717, 1.165) is 30.1 Å². The lowest BCUT2D eigenvalue weighted by Gasteiger charge is -2.20. The number of thiophene rings is 1. The smallest absolute Gasteiger partial charge is 0.284 e. The van der Waals surface area contributed by atoms with E-state index in [2.05, 4.69) is 20.5 Å². The molecule has 3 heterocycles. The van der Waals surface area contributed by atoms with E-state index in [1.165, 1.54) is 28.7 Å². The SMILES string of the molecule is CN1CCc2nc(C(=O)Nc3c(O)cccc3CNC(=O)c3ccc(Cl)s3)sc2C1.Cl. The fourth-order valence-electron chi connectivity index (χ4n) is 3.16. The van der Waals surface area contributed by atoms with E-state index in [1.807, 2.05) is 7.05 Å². The Bertz CT molecular complexity index is 1120. The van der Waals surface area contributed by atoms with Crippen molar-refractivity contribution in [1.29, 1.82) is 0 Å². The van der Waals surface area contributed by atoms with Crippen LogP contribution in [0.25, 0.3) is 0 Å². The number of halogens is 2. The van der Waals surface area contributed by atoms with Gasteiger partial charge < -0.3 is 20.6 Å². The third kappa shape index (κ3) is 5.36. The fraction of sp³-hybridized carbons (Fsp3) is 0.250. The number of aromatic hydroxyl groups is 1. The first-order chi connectivity index (χ1) is 14.4. The van der Waals surface area contributed by atoms with Gasteiger partial charge in [0.1, 0.15) is 5.75 Å². The molecule has 4 rings (SSSR count). The van der Waals surface area contributed by atoms with Crippen LogP contribution in [0, 0.1) is 0 Å². The number of phenols is 1. The average Bonchev–Trinajstić information content (AvgIpc) is 3.34. The lowest BCUT2D eigenvalue weighted by molar-refractivity contribution is 0.0954. The van der Waals surface area contributed by atoms with Crippen molar-refractivity contribution in [3.63, 3.8) is 0 Å². The summed E-state index contributed by atoms with van der Waals surface area (Å²) in [6.45, 7) is 1.83. The molecule has 0 radical (unpaired) electrons. The molecule has 0 aliphatic carbocycles. The van der Waals surface area contributed by atoms with Crippen molar-refractivity contribution >= 4 is 64.2 Å². The quantitative estimate of drug-likeness (QED) is 0.459. The van der Waals surface area contributed by atoms with Crippen LogP contribution in [0.15, 0.2) is 30.3 Å². The van der Waals surface area contributed by atoms with Gasteiger partial charge in [-0.1, -0.05) is 23.7 Å². The predicted octanol–water partition coefficient (Wildman–Crippen LogP) is 4.16. The number of likely N-dealkylation sites (N-methyl/N-ethyl adjacent to an activating group) is 1. The molecule has 3 N–H and O–H groups in total. The number of thiazole rings is 1.